The maximum absolute atomic E-state index is 11.8. The van der Waals surface area contributed by atoms with Crippen LogP contribution < -0.4 is 5.32 Å². The Kier molecular flexibility index (Phi) is 3.36. The number of amides is 1. The van der Waals surface area contributed by atoms with Gasteiger partial charge in [0.25, 0.3) is 5.91 Å². The Hall–Kier alpha value is -1.52. The molecule has 6 heteroatoms. The van der Waals surface area contributed by atoms with Gasteiger partial charge in [-0.15, -0.1) is 0 Å². The summed E-state index contributed by atoms with van der Waals surface area (Å²) in [6.45, 7) is 0. The minimum Gasteiger partial charge on any atom is -0.318 e. The van der Waals surface area contributed by atoms with Crippen molar-refractivity contribution in [2.45, 2.75) is 0 Å². The fraction of sp³-hybridized carbons (Fsp3) is 0.0909. The third kappa shape index (κ3) is 2.60. The Labute approximate surface area is 108 Å². The molecule has 17 heavy (non-hydrogen) atoms. The second-order valence-electron chi connectivity index (χ2n) is 3.43. The summed E-state index contributed by atoms with van der Waals surface area (Å²) in [6.07, 6.45) is 1.68. The van der Waals surface area contributed by atoms with Gasteiger partial charge in [0.15, 0.2) is 5.69 Å². The molecule has 1 heterocycles. The molecule has 2 rings (SSSR count). The van der Waals surface area contributed by atoms with Crippen LogP contribution in [-0.4, -0.2) is 15.7 Å². The predicted octanol–water partition coefficient (Wildman–Crippen LogP) is 2.98. The third-order valence-corrected chi connectivity index (χ3v) is 2.78. The minimum absolute atomic E-state index is 0.309. The molecule has 0 fully saturated rings. The smallest absolute Gasteiger partial charge is 0.276 e. The first-order valence-corrected chi connectivity index (χ1v) is 5.58. The van der Waals surface area contributed by atoms with E-state index in [4.69, 9.17) is 23.2 Å². The van der Waals surface area contributed by atoms with Crippen molar-refractivity contribution in [3.8, 4) is 0 Å². The molecule has 0 radical (unpaired) electrons. The van der Waals surface area contributed by atoms with Gasteiger partial charge in [0.2, 0.25) is 0 Å². The Morgan fingerprint density at radius 1 is 1.29 bits per heavy atom. The van der Waals surface area contributed by atoms with E-state index in [0.29, 0.717) is 21.4 Å². The van der Waals surface area contributed by atoms with E-state index in [9.17, 15) is 4.79 Å². The molecule has 1 aromatic heterocycles. The third-order valence-electron chi connectivity index (χ3n) is 2.15. The molecule has 0 spiro atoms. The predicted molar refractivity (Wildman–Crippen MR) is 67.6 cm³/mol. The zero-order valence-corrected chi connectivity index (χ0v) is 10.5. The Morgan fingerprint density at radius 2 is 1.94 bits per heavy atom. The highest BCUT2D eigenvalue weighted by molar-refractivity contribution is 6.39. The molecule has 1 aromatic carbocycles. The lowest BCUT2D eigenvalue weighted by molar-refractivity contribution is 0.102. The second kappa shape index (κ2) is 4.77. The first-order chi connectivity index (χ1) is 8.08. The van der Waals surface area contributed by atoms with Crippen molar-refractivity contribution in [3.05, 3.63) is 46.2 Å². The van der Waals surface area contributed by atoms with Crippen LogP contribution in [-0.2, 0) is 7.05 Å². The fourth-order valence-electron chi connectivity index (χ4n) is 1.33. The molecule has 0 aliphatic heterocycles. The van der Waals surface area contributed by atoms with E-state index in [1.165, 1.54) is 0 Å². The topological polar surface area (TPSA) is 46.9 Å². The van der Waals surface area contributed by atoms with Crippen LogP contribution in [0, 0.1) is 0 Å². The van der Waals surface area contributed by atoms with Crippen LogP contribution in [0.25, 0.3) is 0 Å². The maximum Gasteiger partial charge on any atom is 0.276 e. The second-order valence-corrected chi connectivity index (χ2v) is 4.24. The van der Waals surface area contributed by atoms with Gasteiger partial charge in [-0.25, -0.2) is 0 Å². The van der Waals surface area contributed by atoms with E-state index < -0.39 is 0 Å². The first-order valence-electron chi connectivity index (χ1n) is 4.83. The molecule has 4 nitrogen and oxygen atoms in total. The standard InChI is InChI=1S/C11H9Cl2N3O/c1-16-6-5-9(15-16)11(17)14-10-7(12)3-2-4-8(10)13/h2-6H,1H3,(H,14,17). The van der Waals surface area contributed by atoms with E-state index in [0.717, 1.165) is 0 Å². The number of benzene rings is 1. The van der Waals surface area contributed by atoms with E-state index in [-0.39, 0.29) is 5.91 Å². The van der Waals surface area contributed by atoms with Crippen molar-refractivity contribution < 1.29 is 4.79 Å². The van der Waals surface area contributed by atoms with Gasteiger partial charge < -0.3 is 5.32 Å². The lowest BCUT2D eigenvalue weighted by Gasteiger charge is -2.07. The molecule has 0 unspecified atom stereocenters. The van der Waals surface area contributed by atoms with Crippen LogP contribution in [0.1, 0.15) is 10.5 Å². The van der Waals surface area contributed by atoms with E-state index in [2.05, 4.69) is 10.4 Å². The average molecular weight is 270 g/mol. The fourth-order valence-corrected chi connectivity index (χ4v) is 1.82. The summed E-state index contributed by atoms with van der Waals surface area (Å²) in [7, 11) is 1.74. The number of hydrogen-bond acceptors (Lipinski definition) is 2. The molecule has 1 N–H and O–H groups in total. The highest BCUT2D eigenvalue weighted by Gasteiger charge is 2.13. The molecule has 0 atom stereocenters. The number of carbonyl (C=O) groups is 1. The summed E-state index contributed by atoms with van der Waals surface area (Å²) in [5.41, 5.74) is 0.704. The van der Waals surface area contributed by atoms with Gasteiger partial charge in [-0.2, -0.15) is 5.10 Å². The van der Waals surface area contributed by atoms with Crippen molar-refractivity contribution in [3.63, 3.8) is 0 Å². The van der Waals surface area contributed by atoms with Gasteiger partial charge in [-0.05, 0) is 18.2 Å². The van der Waals surface area contributed by atoms with Gasteiger partial charge in [-0.1, -0.05) is 29.3 Å². The van der Waals surface area contributed by atoms with Gasteiger partial charge in [0.1, 0.15) is 0 Å². The summed E-state index contributed by atoms with van der Waals surface area (Å²) in [5.74, 6) is -0.347. The van der Waals surface area contributed by atoms with E-state index in [1.54, 1.807) is 42.2 Å². The first kappa shape index (κ1) is 12.0. The van der Waals surface area contributed by atoms with Crippen LogP contribution in [0.4, 0.5) is 5.69 Å². The molecular formula is C11H9Cl2N3O. The van der Waals surface area contributed by atoms with Crippen LogP contribution >= 0.6 is 23.2 Å². The van der Waals surface area contributed by atoms with Crippen molar-refractivity contribution >= 4 is 34.8 Å². The van der Waals surface area contributed by atoms with E-state index in [1.807, 2.05) is 0 Å². The van der Waals surface area contributed by atoms with Crippen molar-refractivity contribution in [2.24, 2.45) is 7.05 Å². The number of para-hydroxylation sites is 1. The Bertz CT molecular complexity index is 545. The van der Waals surface area contributed by atoms with Gasteiger partial charge >= 0.3 is 0 Å². The minimum atomic E-state index is -0.347. The number of rotatable bonds is 2. The van der Waals surface area contributed by atoms with Crippen molar-refractivity contribution in [1.29, 1.82) is 0 Å². The number of halogens is 2. The van der Waals surface area contributed by atoms with Crippen molar-refractivity contribution in [2.75, 3.05) is 5.32 Å². The largest absolute Gasteiger partial charge is 0.318 e. The molecule has 2 aromatic rings. The molecule has 0 aliphatic carbocycles. The number of carbonyl (C=O) groups excluding carboxylic acids is 1. The Morgan fingerprint density at radius 3 is 2.47 bits per heavy atom. The molecule has 1 amide bonds. The SMILES string of the molecule is Cn1ccc(C(=O)Nc2c(Cl)cccc2Cl)n1. The molecule has 88 valence electrons. The zero-order valence-electron chi connectivity index (χ0n) is 8.95. The number of nitrogens with one attached hydrogen (secondary N) is 1. The number of aryl methyl sites for hydroxylation is 1. The number of aromatic nitrogens is 2. The summed E-state index contributed by atoms with van der Waals surface area (Å²) in [6, 6.07) is 6.63. The average Bonchev–Trinajstić information content (AvgIpc) is 2.70. The molecule has 0 bridgehead atoms. The normalized spacial score (nSPS) is 10.3. The summed E-state index contributed by atoms with van der Waals surface area (Å²) in [4.78, 5) is 11.8. The zero-order chi connectivity index (χ0) is 12.4. The monoisotopic (exact) mass is 269 g/mol. The quantitative estimate of drug-likeness (QED) is 0.911. The Balaban J connectivity index is 2.24. The molecular weight excluding hydrogens is 261 g/mol. The molecule has 0 saturated heterocycles. The highest BCUT2D eigenvalue weighted by atomic mass is 35.5. The van der Waals surface area contributed by atoms with Crippen LogP contribution in [0.2, 0.25) is 10.0 Å². The number of hydrogen-bond donors (Lipinski definition) is 1. The number of nitrogens with zero attached hydrogens (tertiary/aromatic N) is 2. The van der Waals surface area contributed by atoms with Crippen LogP contribution in [0.3, 0.4) is 0 Å². The van der Waals surface area contributed by atoms with E-state index >= 15 is 0 Å². The lowest BCUT2D eigenvalue weighted by Crippen LogP contribution is -2.13. The van der Waals surface area contributed by atoms with Gasteiger partial charge in [0, 0.05) is 13.2 Å². The molecule has 0 saturated carbocycles. The van der Waals surface area contributed by atoms with Crippen molar-refractivity contribution in [1.82, 2.24) is 9.78 Å². The summed E-state index contributed by atoms with van der Waals surface area (Å²) >= 11 is 11.9. The lowest BCUT2D eigenvalue weighted by atomic mass is 10.3. The van der Waals surface area contributed by atoms with Crippen LogP contribution in [0.15, 0.2) is 30.5 Å². The summed E-state index contributed by atoms with van der Waals surface area (Å²) in [5, 5.41) is 7.40. The van der Waals surface area contributed by atoms with Gasteiger partial charge in [-0.3, -0.25) is 9.48 Å². The number of anilines is 1. The maximum atomic E-state index is 11.8. The van der Waals surface area contributed by atoms with Crippen LogP contribution in [0.5, 0.6) is 0 Å². The molecule has 0 aliphatic rings. The summed E-state index contributed by atoms with van der Waals surface area (Å²) < 4.78 is 1.54. The highest BCUT2D eigenvalue weighted by Crippen LogP contribution is 2.29. The van der Waals surface area contributed by atoms with Gasteiger partial charge in [0.05, 0.1) is 15.7 Å².